The van der Waals surface area contributed by atoms with Crippen molar-refractivity contribution < 1.29 is 9.84 Å². The van der Waals surface area contributed by atoms with E-state index in [0.717, 1.165) is 0 Å². The molecule has 0 aromatic heterocycles. The van der Waals surface area contributed by atoms with E-state index in [1.165, 1.54) is 11.1 Å². The van der Waals surface area contributed by atoms with E-state index in [1.54, 1.807) is 18.2 Å². The van der Waals surface area contributed by atoms with Crippen LogP contribution in [0.25, 0.3) is 0 Å². The van der Waals surface area contributed by atoms with E-state index in [1.807, 2.05) is 18.2 Å². The van der Waals surface area contributed by atoms with Crippen molar-refractivity contribution in [3.63, 3.8) is 0 Å². The second-order valence-electron chi connectivity index (χ2n) is 5.21. The van der Waals surface area contributed by atoms with E-state index < -0.39 is 0 Å². The summed E-state index contributed by atoms with van der Waals surface area (Å²) < 4.78 is 5.77. The van der Waals surface area contributed by atoms with Crippen molar-refractivity contribution >= 4 is 9.52 Å². The normalized spacial score (nSPS) is 10.7. The Hall–Kier alpha value is -2.52. The number of para-hydroxylation sites is 2. The highest BCUT2D eigenvalue weighted by atomic mass is 28.2. The molecule has 3 rings (SSSR count). The Morgan fingerprint density at radius 3 is 1.83 bits per heavy atom. The monoisotopic (exact) mass is 318 g/mol. The third-order valence-corrected chi connectivity index (χ3v) is 5.03. The minimum atomic E-state index is 0.188. The van der Waals surface area contributed by atoms with Gasteiger partial charge in [-0.05, 0) is 23.3 Å². The summed E-state index contributed by atoms with van der Waals surface area (Å²) in [6.07, 6.45) is 0.575. The molecule has 0 aliphatic rings. The average Bonchev–Trinajstić information content (AvgIpc) is 2.62. The molecule has 0 unspecified atom stereocenters. The minimum absolute atomic E-state index is 0.188. The van der Waals surface area contributed by atoms with E-state index in [9.17, 15) is 5.11 Å². The molecule has 114 valence electrons. The molecule has 3 aromatic rings. The number of hydrogen-bond acceptors (Lipinski definition) is 2. The fraction of sp³-hybridized carbons (Fsp3) is 0.100. The van der Waals surface area contributed by atoms with Crippen molar-refractivity contribution in [2.24, 2.45) is 0 Å². The fourth-order valence-corrected chi connectivity index (χ4v) is 3.76. The van der Waals surface area contributed by atoms with E-state index in [4.69, 9.17) is 4.74 Å². The fourth-order valence-electron chi connectivity index (χ4n) is 2.50. The van der Waals surface area contributed by atoms with Crippen LogP contribution in [0.4, 0.5) is 0 Å². The molecular formula is C20H18O2Si. The van der Waals surface area contributed by atoms with Gasteiger partial charge in [0.15, 0.2) is 11.5 Å². The zero-order valence-corrected chi connectivity index (χ0v) is 13.7. The summed E-state index contributed by atoms with van der Waals surface area (Å²) in [6.45, 7) is 0. The highest BCUT2D eigenvalue weighted by Gasteiger charge is 2.15. The zero-order chi connectivity index (χ0) is 15.9. The predicted molar refractivity (Wildman–Crippen MR) is 94.1 cm³/mol. The Morgan fingerprint density at radius 2 is 1.26 bits per heavy atom. The van der Waals surface area contributed by atoms with Crippen molar-refractivity contribution in [3.8, 4) is 11.5 Å². The summed E-state index contributed by atoms with van der Waals surface area (Å²) in [7, 11) is 0.567. The first-order valence-electron chi connectivity index (χ1n) is 7.58. The number of aromatic hydroxyl groups is 1. The van der Waals surface area contributed by atoms with Crippen molar-refractivity contribution in [1.29, 1.82) is 0 Å². The van der Waals surface area contributed by atoms with Crippen LogP contribution in [0.3, 0.4) is 0 Å². The highest BCUT2D eigenvalue weighted by molar-refractivity contribution is 6.39. The summed E-state index contributed by atoms with van der Waals surface area (Å²) in [5.74, 6) is 0.730. The van der Waals surface area contributed by atoms with Gasteiger partial charge in [-0.2, -0.15) is 0 Å². The predicted octanol–water partition coefficient (Wildman–Crippen LogP) is 4.22. The molecule has 0 fully saturated rings. The van der Waals surface area contributed by atoms with E-state index in [2.05, 4.69) is 48.5 Å². The number of benzene rings is 3. The molecule has 0 aliphatic carbocycles. The second kappa shape index (κ2) is 7.65. The lowest BCUT2D eigenvalue weighted by Gasteiger charge is -2.17. The van der Waals surface area contributed by atoms with Gasteiger partial charge in [-0.1, -0.05) is 72.8 Å². The van der Waals surface area contributed by atoms with Gasteiger partial charge < -0.3 is 9.84 Å². The van der Waals surface area contributed by atoms with Gasteiger partial charge in [0.05, 0.1) is 6.23 Å². The third-order valence-electron chi connectivity index (χ3n) is 3.65. The summed E-state index contributed by atoms with van der Waals surface area (Å²) in [5, 5.41) is 9.79. The standard InChI is InChI=1S/C20H18O2Si/c21-18-13-7-8-14-19(18)22-15-23-20(16-9-3-1-4-10-16)17-11-5-2-6-12-17/h1-14,20-21H,15H2. The summed E-state index contributed by atoms with van der Waals surface area (Å²) in [6, 6.07) is 28.1. The van der Waals surface area contributed by atoms with Crippen LogP contribution in [-0.4, -0.2) is 20.9 Å². The lowest BCUT2D eigenvalue weighted by atomic mass is 10.0. The first-order chi connectivity index (χ1) is 11.3. The quantitative estimate of drug-likeness (QED) is 0.690. The number of hydrogen-bond donors (Lipinski definition) is 1. The first-order valence-corrected chi connectivity index (χ1v) is 8.87. The lowest BCUT2D eigenvalue weighted by molar-refractivity contribution is 0.351. The molecule has 2 radical (unpaired) electrons. The molecule has 1 N–H and O–H groups in total. The number of phenolic OH excluding ortho intramolecular Hbond substituents is 1. The molecule has 0 amide bonds. The van der Waals surface area contributed by atoms with Gasteiger partial charge in [-0.25, -0.2) is 0 Å². The van der Waals surface area contributed by atoms with Crippen LogP contribution in [0.5, 0.6) is 11.5 Å². The van der Waals surface area contributed by atoms with Gasteiger partial charge in [0.25, 0.3) is 0 Å². The van der Waals surface area contributed by atoms with Crippen molar-refractivity contribution in [2.45, 2.75) is 5.54 Å². The maximum absolute atomic E-state index is 9.79. The number of ether oxygens (including phenoxy) is 1. The maximum atomic E-state index is 9.79. The molecule has 0 spiro atoms. The largest absolute Gasteiger partial charge is 0.504 e. The molecule has 3 heteroatoms. The molecule has 0 aliphatic heterocycles. The van der Waals surface area contributed by atoms with Crippen LogP contribution in [0, 0.1) is 0 Å². The van der Waals surface area contributed by atoms with E-state index >= 15 is 0 Å². The van der Waals surface area contributed by atoms with Crippen LogP contribution in [-0.2, 0) is 0 Å². The third kappa shape index (κ3) is 4.02. The molecule has 0 saturated carbocycles. The first kappa shape index (κ1) is 15.4. The molecule has 23 heavy (non-hydrogen) atoms. The second-order valence-corrected chi connectivity index (χ2v) is 6.49. The van der Waals surface area contributed by atoms with Crippen molar-refractivity contribution in [1.82, 2.24) is 0 Å². The topological polar surface area (TPSA) is 29.5 Å². The molecule has 0 atom stereocenters. The molecule has 3 aromatic carbocycles. The van der Waals surface area contributed by atoms with Crippen LogP contribution in [0.2, 0.25) is 0 Å². The minimum Gasteiger partial charge on any atom is -0.504 e. The molecule has 0 heterocycles. The zero-order valence-electron chi connectivity index (χ0n) is 12.7. The Kier molecular flexibility index (Phi) is 5.12. The van der Waals surface area contributed by atoms with Crippen molar-refractivity contribution in [2.75, 3.05) is 6.23 Å². The van der Waals surface area contributed by atoms with Gasteiger partial charge in [0.1, 0.15) is 9.52 Å². The SMILES string of the molecule is Oc1ccccc1OC[Si]C(c1ccccc1)c1ccccc1. The molecule has 0 bridgehead atoms. The smallest absolute Gasteiger partial charge is 0.160 e. The van der Waals surface area contributed by atoms with Crippen LogP contribution >= 0.6 is 0 Å². The van der Waals surface area contributed by atoms with Gasteiger partial charge in [-0.15, -0.1) is 0 Å². The van der Waals surface area contributed by atoms with Crippen LogP contribution < -0.4 is 4.74 Å². The van der Waals surface area contributed by atoms with Crippen LogP contribution in [0.1, 0.15) is 16.7 Å². The lowest BCUT2D eigenvalue weighted by Crippen LogP contribution is -2.17. The van der Waals surface area contributed by atoms with Crippen molar-refractivity contribution in [3.05, 3.63) is 96.1 Å². The number of rotatable bonds is 6. The van der Waals surface area contributed by atoms with Gasteiger partial charge >= 0.3 is 0 Å². The Labute approximate surface area is 139 Å². The van der Waals surface area contributed by atoms with E-state index in [-0.39, 0.29) is 5.75 Å². The van der Waals surface area contributed by atoms with Crippen LogP contribution in [0.15, 0.2) is 84.9 Å². The molecular weight excluding hydrogens is 300 g/mol. The maximum Gasteiger partial charge on any atom is 0.160 e. The Bertz CT molecular complexity index is 689. The van der Waals surface area contributed by atoms with E-state index in [0.29, 0.717) is 27.0 Å². The molecule has 0 saturated heterocycles. The van der Waals surface area contributed by atoms with Gasteiger partial charge in [0, 0.05) is 5.54 Å². The summed E-state index contributed by atoms with van der Waals surface area (Å²) >= 11 is 0. The highest BCUT2D eigenvalue weighted by Crippen LogP contribution is 2.26. The number of phenols is 1. The summed E-state index contributed by atoms with van der Waals surface area (Å²) in [4.78, 5) is 0. The Balaban J connectivity index is 1.74. The Morgan fingerprint density at radius 1 is 0.739 bits per heavy atom. The average molecular weight is 318 g/mol. The van der Waals surface area contributed by atoms with Gasteiger partial charge in [0.2, 0.25) is 0 Å². The molecule has 2 nitrogen and oxygen atoms in total. The van der Waals surface area contributed by atoms with Gasteiger partial charge in [-0.3, -0.25) is 0 Å². The summed E-state index contributed by atoms with van der Waals surface area (Å²) in [5.41, 5.74) is 2.89.